The molecule has 0 aliphatic heterocycles. The molecule has 0 aromatic heterocycles. The molecule has 9 rings (SSSR count). The molecule has 9 aromatic rings. The normalized spacial score (nSPS) is 12.4. The van der Waals surface area contributed by atoms with Gasteiger partial charge in [0.1, 0.15) is 0 Å². The predicted octanol–water partition coefficient (Wildman–Crippen LogP) is 9.64. The smallest absolute Gasteiger partial charge is 0.0623 e. The van der Waals surface area contributed by atoms with Crippen LogP contribution in [0.3, 0.4) is 0 Å². The van der Waals surface area contributed by atoms with Crippen molar-refractivity contribution >= 4 is 98.5 Å². The Bertz CT molecular complexity index is 2540. The number of aryl methyl sites for hydroxylation is 1. The van der Waals surface area contributed by atoms with Gasteiger partial charge in [-0.15, -0.1) is 0 Å². The highest BCUT2D eigenvalue weighted by Crippen LogP contribution is 2.42. The SMILES string of the molecule is Cc1ccc([Si](c2ccccc2P(CCP(c2ccccc2)c2ccccc2)c2ccccc2)c2ccccc2P(CCP(c2ccccc2)c2ccccc2)c2ccccc2)cc1. The van der Waals surface area contributed by atoms with Crippen molar-refractivity contribution in [2.24, 2.45) is 0 Å². The van der Waals surface area contributed by atoms with Crippen molar-refractivity contribution in [1.29, 1.82) is 0 Å². The van der Waals surface area contributed by atoms with Gasteiger partial charge in [0.25, 0.3) is 0 Å². The van der Waals surface area contributed by atoms with Gasteiger partial charge in [0.2, 0.25) is 0 Å². The van der Waals surface area contributed by atoms with Crippen LogP contribution in [0.15, 0.2) is 255 Å². The quantitative estimate of drug-likeness (QED) is 0.0486. The fraction of sp³-hybridized carbons (Fsp3) is 0.0847. The third-order valence-corrected chi connectivity index (χ3v) is 25.9. The maximum absolute atomic E-state index is 2.50. The highest BCUT2D eigenvalue weighted by atomic mass is 31.1. The molecule has 0 fully saturated rings. The van der Waals surface area contributed by atoms with Crippen LogP contribution in [-0.2, 0) is 0 Å². The van der Waals surface area contributed by atoms with E-state index in [-0.39, 0.29) is 0 Å². The lowest BCUT2D eigenvalue weighted by atomic mass is 10.2. The van der Waals surface area contributed by atoms with Crippen molar-refractivity contribution in [2.75, 3.05) is 24.6 Å². The van der Waals surface area contributed by atoms with Crippen molar-refractivity contribution in [3.8, 4) is 0 Å². The first kappa shape index (κ1) is 44.1. The van der Waals surface area contributed by atoms with Crippen molar-refractivity contribution in [3.63, 3.8) is 0 Å². The average molecular weight is 914 g/mol. The first-order valence-corrected chi connectivity index (χ1v) is 29.9. The van der Waals surface area contributed by atoms with E-state index in [1.54, 1.807) is 0 Å². The lowest BCUT2D eigenvalue weighted by Crippen LogP contribution is -2.60. The van der Waals surface area contributed by atoms with Gasteiger partial charge in [-0.3, -0.25) is 0 Å². The van der Waals surface area contributed by atoms with Gasteiger partial charge in [0.15, 0.2) is 8.80 Å². The molecule has 313 valence electrons. The second kappa shape index (κ2) is 22.2. The lowest BCUT2D eigenvalue weighted by molar-refractivity contribution is 1.49. The van der Waals surface area contributed by atoms with Crippen LogP contribution < -0.4 is 58.0 Å². The summed E-state index contributed by atoms with van der Waals surface area (Å²) in [5.74, 6) is 0. The van der Waals surface area contributed by atoms with Gasteiger partial charge in [-0.05, 0) is 116 Å². The molecule has 0 saturated heterocycles. The van der Waals surface area contributed by atoms with Crippen LogP contribution in [0.1, 0.15) is 5.56 Å². The van der Waals surface area contributed by atoms with E-state index in [1.807, 2.05) is 0 Å². The standard InChI is InChI=1S/C59H53P4Si/c1-48-40-42-55(43-41-48)64(58-38-22-20-36-56(58)62(53-32-16-6-17-33-53)46-44-60(49-24-8-2-9-25-49)50-26-10-3-11-27-50)59-39-23-21-37-57(59)63(54-34-18-7-19-35-54)47-45-61(51-28-12-4-13-29-51)52-30-14-5-15-31-52/h2-43H,44-47H2,1H3. The Morgan fingerprint density at radius 1 is 0.266 bits per heavy atom. The van der Waals surface area contributed by atoms with Crippen molar-refractivity contribution in [2.45, 2.75) is 6.92 Å². The van der Waals surface area contributed by atoms with Gasteiger partial charge in [-0.25, -0.2) is 0 Å². The molecule has 0 bridgehead atoms. The molecule has 9 aromatic carbocycles. The van der Waals surface area contributed by atoms with E-state index in [9.17, 15) is 0 Å². The largest absolute Gasteiger partial charge is 0.156 e. The topological polar surface area (TPSA) is 0 Å². The maximum Gasteiger partial charge on any atom is 0.156 e. The van der Waals surface area contributed by atoms with Gasteiger partial charge < -0.3 is 0 Å². The van der Waals surface area contributed by atoms with Crippen LogP contribution in [0.2, 0.25) is 0 Å². The molecule has 0 amide bonds. The summed E-state index contributed by atoms with van der Waals surface area (Å²) >= 11 is 0. The Morgan fingerprint density at radius 2 is 0.516 bits per heavy atom. The van der Waals surface area contributed by atoms with Crippen LogP contribution in [0.25, 0.3) is 0 Å². The zero-order chi connectivity index (χ0) is 43.3. The molecule has 64 heavy (non-hydrogen) atoms. The zero-order valence-electron chi connectivity index (χ0n) is 36.4. The summed E-state index contributed by atoms with van der Waals surface area (Å²) in [5.41, 5.74) is 1.30. The first-order chi connectivity index (χ1) is 31.7. The molecule has 1 radical (unpaired) electrons. The molecule has 2 atom stereocenters. The van der Waals surface area contributed by atoms with Gasteiger partial charge in [0, 0.05) is 0 Å². The van der Waals surface area contributed by atoms with Crippen LogP contribution >= 0.6 is 31.7 Å². The monoisotopic (exact) mass is 913 g/mol. The highest BCUT2D eigenvalue weighted by molar-refractivity contribution is 7.78. The van der Waals surface area contributed by atoms with E-state index in [4.69, 9.17) is 0 Å². The molecule has 0 spiro atoms. The zero-order valence-corrected chi connectivity index (χ0v) is 40.9. The van der Waals surface area contributed by atoms with E-state index in [0.717, 1.165) is 24.6 Å². The Labute approximate surface area is 388 Å². The second-order valence-electron chi connectivity index (χ2n) is 15.9. The Kier molecular flexibility index (Phi) is 15.3. The van der Waals surface area contributed by atoms with Gasteiger partial charge in [-0.1, -0.05) is 266 Å². The molecular weight excluding hydrogens is 861 g/mol. The molecule has 0 N–H and O–H groups in total. The molecule has 0 nitrogen and oxygen atoms in total. The Hall–Kier alpha value is -5.08. The summed E-state index contributed by atoms with van der Waals surface area (Å²) < 4.78 is 0. The van der Waals surface area contributed by atoms with Gasteiger partial charge in [-0.2, -0.15) is 0 Å². The minimum Gasteiger partial charge on any atom is -0.0623 e. The van der Waals surface area contributed by atoms with Crippen molar-refractivity contribution < 1.29 is 0 Å². The van der Waals surface area contributed by atoms with E-state index in [2.05, 4.69) is 262 Å². The summed E-state index contributed by atoms with van der Waals surface area (Å²) in [6, 6.07) is 96.8. The number of hydrogen-bond donors (Lipinski definition) is 0. The van der Waals surface area contributed by atoms with Crippen molar-refractivity contribution in [3.05, 3.63) is 260 Å². The van der Waals surface area contributed by atoms with Crippen LogP contribution in [-0.4, -0.2) is 33.4 Å². The maximum atomic E-state index is 2.50. The Balaban J connectivity index is 1.16. The van der Waals surface area contributed by atoms with Crippen LogP contribution in [0.5, 0.6) is 0 Å². The average Bonchev–Trinajstić information content (AvgIpc) is 3.37. The molecule has 0 aliphatic carbocycles. The summed E-state index contributed by atoms with van der Waals surface area (Å²) in [6.45, 7) is 2.22. The van der Waals surface area contributed by atoms with E-state index < -0.39 is 40.5 Å². The lowest BCUT2D eigenvalue weighted by Gasteiger charge is -2.30. The summed E-state index contributed by atoms with van der Waals surface area (Å²) in [7, 11) is -3.95. The van der Waals surface area contributed by atoms with Crippen LogP contribution in [0.4, 0.5) is 0 Å². The summed E-state index contributed by atoms with van der Waals surface area (Å²) in [6.07, 6.45) is 4.50. The highest BCUT2D eigenvalue weighted by Gasteiger charge is 2.31. The molecule has 5 heteroatoms. The third-order valence-electron chi connectivity index (χ3n) is 11.8. The second-order valence-corrected chi connectivity index (χ2v) is 27.6. The number of hydrogen-bond acceptors (Lipinski definition) is 0. The molecule has 0 heterocycles. The van der Waals surface area contributed by atoms with Gasteiger partial charge in [0.05, 0.1) is 0 Å². The number of benzene rings is 9. The predicted molar refractivity (Wildman–Crippen MR) is 292 cm³/mol. The summed E-state index contributed by atoms with van der Waals surface area (Å²) in [5, 5.41) is 16.3. The minimum absolute atomic E-state index is 0.535. The van der Waals surface area contributed by atoms with Crippen molar-refractivity contribution in [1.82, 2.24) is 0 Å². The molecule has 0 aliphatic rings. The van der Waals surface area contributed by atoms with E-state index in [0.29, 0.717) is 0 Å². The van der Waals surface area contributed by atoms with Gasteiger partial charge >= 0.3 is 0 Å². The minimum atomic E-state index is -1.50. The summed E-state index contributed by atoms with van der Waals surface area (Å²) in [4.78, 5) is 0. The van der Waals surface area contributed by atoms with E-state index >= 15 is 0 Å². The Morgan fingerprint density at radius 3 is 0.828 bits per heavy atom. The molecule has 0 saturated carbocycles. The van der Waals surface area contributed by atoms with E-state index in [1.165, 1.54) is 63.6 Å². The fourth-order valence-corrected chi connectivity index (χ4v) is 23.6. The third kappa shape index (κ3) is 10.7. The molecular formula is C59H53P4Si. The fourth-order valence-electron chi connectivity index (χ4n) is 8.66. The van der Waals surface area contributed by atoms with Crippen LogP contribution in [0, 0.1) is 6.92 Å². The molecule has 2 unspecified atom stereocenters. The first-order valence-electron chi connectivity index (χ1n) is 22.2. The number of rotatable bonds is 17.